The minimum absolute atomic E-state index is 0.0169. The maximum Gasteiger partial charge on any atom is 0.0701 e. The Balaban J connectivity index is 3.09. The van der Waals surface area contributed by atoms with Crippen LogP contribution in [0.25, 0.3) is 0 Å². The zero-order chi connectivity index (χ0) is 71.3. The number of unbranched alkanes of at least 4 members (excludes halogenated alkanes) is 9. The van der Waals surface area contributed by atoms with Crippen LogP contribution in [0.5, 0.6) is 0 Å². The summed E-state index contributed by atoms with van der Waals surface area (Å²) in [5.41, 5.74) is 0. The fraction of sp³-hybridized carbons (Fsp3) is 1.00. The molecule has 0 aliphatic carbocycles. The third-order valence-electron chi connectivity index (χ3n) is 13.3. The van der Waals surface area contributed by atoms with Crippen molar-refractivity contribution in [3.8, 4) is 0 Å². The molecular formula is C70H142O30. The van der Waals surface area contributed by atoms with E-state index in [0.717, 1.165) is 13.0 Å². The Bertz CT molecular complexity index is 1290. The first-order valence-electron chi connectivity index (χ1n) is 37.3. The summed E-state index contributed by atoms with van der Waals surface area (Å²) in [6.45, 7) is 31.2. The number of aliphatic hydroxyl groups is 1. The van der Waals surface area contributed by atoms with E-state index in [1.54, 1.807) is 0 Å². The lowest BCUT2D eigenvalue weighted by atomic mass is 10.1. The highest BCUT2D eigenvalue weighted by atomic mass is 16.6. The fourth-order valence-corrected chi connectivity index (χ4v) is 8.02. The first kappa shape index (κ1) is 98.8. The van der Waals surface area contributed by atoms with Crippen LogP contribution in [0.4, 0.5) is 0 Å². The highest BCUT2D eigenvalue weighted by Gasteiger charge is 2.03. The Morgan fingerprint density at radius 2 is 0.200 bits per heavy atom. The largest absolute Gasteiger partial charge is 0.394 e. The van der Waals surface area contributed by atoms with Gasteiger partial charge in [0.25, 0.3) is 0 Å². The van der Waals surface area contributed by atoms with E-state index < -0.39 is 0 Å². The van der Waals surface area contributed by atoms with Gasteiger partial charge in [0, 0.05) is 6.61 Å². The Labute approximate surface area is 601 Å². The van der Waals surface area contributed by atoms with Crippen molar-refractivity contribution in [2.45, 2.75) is 71.1 Å². The van der Waals surface area contributed by atoms with E-state index in [1.807, 2.05) is 0 Å². The van der Waals surface area contributed by atoms with Gasteiger partial charge in [-0.05, 0) is 6.42 Å². The normalized spacial score (nSPS) is 11.8. The first-order chi connectivity index (χ1) is 49.9. The molecule has 0 aromatic carbocycles. The number of rotatable bonds is 97. The van der Waals surface area contributed by atoms with Gasteiger partial charge in [-0.1, -0.05) is 64.7 Å². The standard InChI is InChI=1S/C70H142O30/c1-2-3-4-5-6-7-8-9-10-11-13-72-15-17-74-19-21-76-23-25-78-27-29-80-31-33-82-35-37-84-39-41-86-43-45-88-47-49-90-51-53-92-55-57-94-59-61-96-63-65-98-67-69-100-70-68-99-66-64-97-62-60-95-58-56-93-54-52-91-50-48-89-46-44-87-42-40-85-38-36-83-34-32-81-30-28-79-26-24-77-22-20-75-18-16-73-14-12-71/h71H,2-70H2,1H3. The molecule has 0 saturated heterocycles. The quantitative estimate of drug-likeness (QED) is 0.0827. The minimum Gasteiger partial charge on any atom is -0.394 e. The summed E-state index contributed by atoms with van der Waals surface area (Å²) in [5.74, 6) is 0. The fourth-order valence-electron chi connectivity index (χ4n) is 8.02. The zero-order valence-corrected chi connectivity index (χ0v) is 62.1. The minimum atomic E-state index is 0.0169. The van der Waals surface area contributed by atoms with Crippen molar-refractivity contribution in [2.24, 2.45) is 0 Å². The molecule has 0 aliphatic heterocycles. The lowest BCUT2D eigenvalue weighted by molar-refractivity contribution is -0.0324. The van der Waals surface area contributed by atoms with E-state index in [1.165, 1.54) is 57.8 Å². The van der Waals surface area contributed by atoms with Gasteiger partial charge in [-0.15, -0.1) is 0 Å². The number of hydrogen-bond acceptors (Lipinski definition) is 30. The first-order valence-corrected chi connectivity index (χ1v) is 37.3. The van der Waals surface area contributed by atoms with Gasteiger partial charge in [0.05, 0.1) is 383 Å². The van der Waals surface area contributed by atoms with Crippen LogP contribution < -0.4 is 0 Å². The van der Waals surface area contributed by atoms with Crippen molar-refractivity contribution in [3.63, 3.8) is 0 Å². The average Bonchev–Trinajstić information content (AvgIpc) is 3.66. The molecule has 0 atom stereocenters. The Morgan fingerprint density at radius 3 is 0.310 bits per heavy atom. The van der Waals surface area contributed by atoms with Gasteiger partial charge in [0.15, 0.2) is 0 Å². The molecule has 0 heterocycles. The third kappa shape index (κ3) is 96.8. The van der Waals surface area contributed by atoms with E-state index in [0.29, 0.717) is 377 Å². The molecule has 0 amide bonds. The monoisotopic (exact) mass is 1460 g/mol. The second-order valence-corrected chi connectivity index (χ2v) is 21.7. The molecule has 100 heavy (non-hydrogen) atoms. The molecule has 0 aromatic rings. The highest BCUT2D eigenvalue weighted by Crippen LogP contribution is 2.10. The van der Waals surface area contributed by atoms with Crippen LogP contribution in [-0.2, 0) is 137 Å². The van der Waals surface area contributed by atoms with Crippen LogP contribution in [0.15, 0.2) is 0 Å². The van der Waals surface area contributed by atoms with E-state index in [-0.39, 0.29) is 6.61 Å². The smallest absolute Gasteiger partial charge is 0.0701 e. The predicted octanol–water partition coefficient (Wildman–Crippen LogP) is 4.38. The van der Waals surface area contributed by atoms with Crippen LogP contribution in [0.2, 0.25) is 0 Å². The average molecular weight is 1460 g/mol. The van der Waals surface area contributed by atoms with E-state index >= 15 is 0 Å². The molecule has 30 heteroatoms. The zero-order valence-electron chi connectivity index (χ0n) is 62.1. The summed E-state index contributed by atoms with van der Waals surface area (Å²) in [4.78, 5) is 0. The molecule has 0 fully saturated rings. The maximum absolute atomic E-state index is 8.62. The van der Waals surface area contributed by atoms with Crippen molar-refractivity contribution in [1.82, 2.24) is 0 Å². The molecule has 0 spiro atoms. The molecular weight excluding hydrogens is 1320 g/mol. The maximum atomic E-state index is 8.62. The Hall–Kier alpha value is -1.20. The molecule has 0 bridgehead atoms. The number of aliphatic hydroxyl groups excluding tert-OH is 1. The van der Waals surface area contributed by atoms with Gasteiger partial charge < -0.3 is 142 Å². The summed E-state index contributed by atoms with van der Waals surface area (Å²) in [6.07, 6.45) is 13.3. The highest BCUT2D eigenvalue weighted by molar-refractivity contribution is 4.49. The molecule has 602 valence electrons. The van der Waals surface area contributed by atoms with Gasteiger partial charge in [0.2, 0.25) is 0 Å². The van der Waals surface area contributed by atoms with Gasteiger partial charge in [-0.3, -0.25) is 0 Å². The molecule has 0 saturated carbocycles. The van der Waals surface area contributed by atoms with Crippen LogP contribution >= 0.6 is 0 Å². The number of ether oxygens (including phenoxy) is 29. The van der Waals surface area contributed by atoms with Gasteiger partial charge in [-0.2, -0.15) is 0 Å². The van der Waals surface area contributed by atoms with Crippen LogP contribution in [0, 0.1) is 0 Å². The second-order valence-electron chi connectivity index (χ2n) is 21.7. The topological polar surface area (TPSA) is 288 Å². The molecule has 0 aliphatic rings. The summed E-state index contributed by atoms with van der Waals surface area (Å²) in [6, 6.07) is 0. The van der Waals surface area contributed by atoms with Gasteiger partial charge >= 0.3 is 0 Å². The van der Waals surface area contributed by atoms with Crippen molar-refractivity contribution in [2.75, 3.05) is 390 Å². The van der Waals surface area contributed by atoms with E-state index in [4.69, 9.17) is 142 Å². The van der Waals surface area contributed by atoms with Gasteiger partial charge in [-0.25, -0.2) is 0 Å². The summed E-state index contributed by atoms with van der Waals surface area (Å²) in [7, 11) is 0. The molecule has 0 unspecified atom stereocenters. The molecule has 0 radical (unpaired) electrons. The van der Waals surface area contributed by atoms with Crippen LogP contribution in [0.1, 0.15) is 71.1 Å². The van der Waals surface area contributed by atoms with Crippen molar-refractivity contribution < 1.29 is 142 Å². The van der Waals surface area contributed by atoms with E-state index in [9.17, 15) is 0 Å². The lowest BCUT2D eigenvalue weighted by Gasteiger charge is -2.09. The lowest BCUT2D eigenvalue weighted by Crippen LogP contribution is -2.16. The molecule has 0 rings (SSSR count). The second kappa shape index (κ2) is 97.8. The Morgan fingerprint density at radius 1 is 0.110 bits per heavy atom. The van der Waals surface area contributed by atoms with Crippen molar-refractivity contribution >= 4 is 0 Å². The molecule has 1 N–H and O–H groups in total. The van der Waals surface area contributed by atoms with Gasteiger partial charge in [0.1, 0.15) is 0 Å². The van der Waals surface area contributed by atoms with Crippen LogP contribution in [-0.4, -0.2) is 395 Å². The Kier molecular flexibility index (Phi) is 96.6. The number of hydrogen-bond donors (Lipinski definition) is 1. The van der Waals surface area contributed by atoms with E-state index in [2.05, 4.69) is 6.92 Å². The summed E-state index contributed by atoms with van der Waals surface area (Å²) >= 11 is 0. The predicted molar refractivity (Wildman–Crippen MR) is 373 cm³/mol. The van der Waals surface area contributed by atoms with Crippen molar-refractivity contribution in [1.29, 1.82) is 0 Å². The summed E-state index contributed by atoms with van der Waals surface area (Å²) in [5, 5.41) is 8.62. The molecule has 0 aromatic heterocycles. The summed E-state index contributed by atoms with van der Waals surface area (Å²) < 4.78 is 160. The van der Waals surface area contributed by atoms with Crippen molar-refractivity contribution in [3.05, 3.63) is 0 Å². The molecule has 30 nitrogen and oxygen atoms in total. The third-order valence-corrected chi connectivity index (χ3v) is 13.3. The SMILES string of the molecule is CCCCCCCCCCCCOCCOCCOCCOCCOCCOCCOCCOCCOCCOCCOCCOCCOCCOCCOCCOCCOCCOCCOCCOCCOCCOCCOCCOCCOCCOCCOCCOCCOCCO. The van der Waals surface area contributed by atoms with Crippen LogP contribution in [0.3, 0.4) is 0 Å².